The van der Waals surface area contributed by atoms with Gasteiger partial charge in [-0.05, 0) is 40.2 Å². The van der Waals surface area contributed by atoms with Gasteiger partial charge in [-0.25, -0.2) is 22.2 Å². The molecule has 0 aliphatic rings. The van der Waals surface area contributed by atoms with Gasteiger partial charge in [0.1, 0.15) is 39.3 Å². The first kappa shape index (κ1) is 16.4. The molecule has 1 aromatic heterocycles. The Labute approximate surface area is 141 Å². The van der Waals surface area contributed by atoms with Gasteiger partial charge in [0.25, 0.3) is 0 Å². The quantitative estimate of drug-likeness (QED) is 0.474. The Morgan fingerprint density at radius 2 is 1.62 bits per heavy atom. The van der Waals surface area contributed by atoms with Crippen molar-refractivity contribution in [2.24, 2.45) is 0 Å². The van der Waals surface area contributed by atoms with Crippen LogP contribution in [0.1, 0.15) is 10.4 Å². The van der Waals surface area contributed by atoms with Crippen molar-refractivity contribution < 1.29 is 22.4 Å². The molecule has 0 aliphatic carbocycles. The number of carbonyl (C=O) groups excluding carboxylic acids is 1. The summed E-state index contributed by atoms with van der Waals surface area (Å²) in [6, 6.07) is 5.36. The van der Waals surface area contributed by atoms with Crippen LogP contribution < -0.4 is 0 Å². The molecule has 0 saturated carbocycles. The zero-order valence-corrected chi connectivity index (χ0v) is 13.3. The van der Waals surface area contributed by atoms with Crippen molar-refractivity contribution in [2.75, 3.05) is 0 Å². The van der Waals surface area contributed by atoms with E-state index in [1.807, 2.05) is 0 Å². The molecule has 0 radical (unpaired) electrons. The molecule has 2 aromatic carbocycles. The average Bonchev–Trinajstić information content (AvgIpc) is 2.85. The summed E-state index contributed by atoms with van der Waals surface area (Å²) in [5.74, 6) is -3.21. The van der Waals surface area contributed by atoms with Gasteiger partial charge in [0.05, 0.1) is 5.56 Å². The highest BCUT2D eigenvalue weighted by Gasteiger charge is 2.21. The largest absolute Gasteiger partial charge is 0.298 e. The molecule has 0 atom stereocenters. The van der Waals surface area contributed by atoms with Crippen LogP contribution in [-0.2, 0) is 0 Å². The zero-order chi connectivity index (χ0) is 17.4. The van der Waals surface area contributed by atoms with E-state index in [2.05, 4.69) is 21.0 Å². The number of carbonyl (C=O) groups is 1. The average molecular weight is 399 g/mol. The smallest absolute Gasteiger partial charge is 0.155 e. The van der Waals surface area contributed by atoms with Gasteiger partial charge in [0.15, 0.2) is 6.29 Å². The highest BCUT2D eigenvalue weighted by Crippen LogP contribution is 2.31. The Morgan fingerprint density at radius 3 is 2.25 bits per heavy atom. The van der Waals surface area contributed by atoms with Crippen LogP contribution in [0.2, 0.25) is 0 Å². The Balaban J connectivity index is 2.26. The van der Waals surface area contributed by atoms with Gasteiger partial charge in [0.2, 0.25) is 0 Å². The van der Waals surface area contributed by atoms with Crippen LogP contribution in [0.4, 0.5) is 17.6 Å². The van der Waals surface area contributed by atoms with E-state index >= 15 is 0 Å². The van der Waals surface area contributed by atoms with Gasteiger partial charge in [-0.2, -0.15) is 5.10 Å². The predicted octanol–water partition coefficient (Wildman–Crippen LogP) is 4.67. The van der Waals surface area contributed by atoms with E-state index in [9.17, 15) is 22.4 Å². The molecule has 1 heterocycles. The molecule has 3 rings (SSSR count). The van der Waals surface area contributed by atoms with Crippen molar-refractivity contribution >= 4 is 22.2 Å². The van der Waals surface area contributed by atoms with E-state index in [1.54, 1.807) is 0 Å². The molecule has 0 bridgehead atoms. The van der Waals surface area contributed by atoms with Crippen molar-refractivity contribution in [3.63, 3.8) is 0 Å². The fraction of sp³-hybridized carbons (Fsp3) is 0. The van der Waals surface area contributed by atoms with Crippen LogP contribution in [0.3, 0.4) is 0 Å². The van der Waals surface area contributed by atoms with E-state index in [4.69, 9.17) is 0 Å². The van der Waals surface area contributed by atoms with Crippen molar-refractivity contribution in [3.8, 4) is 16.9 Å². The van der Waals surface area contributed by atoms with E-state index < -0.39 is 23.3 Å². The van der Waals surface area contributed by atoms with Gasteiger partial charge in [-0.15, -0.1) is 0 Å². The highest BCUT2D eigenvalue weighted by molar-refractivity contribution is 9.10. The Hall–Kier alpha value is -2.48. The molecule has 0 fully saturated rings. The minimum atomic E-state index is -0.857. The lowest BCUT2D eigenvalue weighted by molar-refractivity contribution is 0.112. The summed E-state index contributed by atoms with van der Waals surface area (Å²) in [5.41, 5.74) is -0.387. The zero-order valence-electron chi connectivity index (χ0n) is 11.7. The molecular weight excluding hydrogens is 392 g/mol. The van der Waals surface area contributed by atoms with Crippen molar-refractivity contribution in [3.05, 3.63) is 69.8 Å². The summed E-state index contributed by atoms with van der Waals surface area (Å²) in [7, 11) is 0. The molecule has 3 nitrogen and oxygen atoms in total. The molecule has 122 valence electrons. The molecule has 0 aliphatic heterocycles. The van der Waals surface area contributed by atoms with Gasteiger partial charge in [0, 0.05) is 17.7 Å². The topological polar surface area (TPSA) is 34.9 Å². The first-order valence-corrected chi connectivity index (χ1v) is 7.35. The van der Waals surface area contributed by atoms with Crippen LogP contribution in [-0.4, -0.2) is 16.1 Å². The third kappa shape index (κ3) is 2.84. The Bertz CT molecular complexity index is 935. The number of nitrogens with zero attached hydrogens (tertiary/aromatic N) is 2. The summed E-state index contributed by atoms with van der Waals surface area (Å²) >= 11 is 3.08. The molecular formula is C16H7BrF4N2O. The maximum atomic E-state index is 14.0. The minimum Gasteiger partial charge on any atom is -0.298 e. The van der Waals surface area contributed by atoms with Gasteiger partial charge in [-0.3, -0.25) is 4.79 Å². The summed E-state index contributed by atoms with van der Waals surface area (Å²) in [5, 5.41) is 4.00. The van der Waals surface area contributed by atoms with Gasteiger partial charge in [-0.1, -0.05) is 0 Å². The summed E-state index contributed by atoms with van der Waals surface area (Å²) in [4.78, 5) is 11.3. The highest BCUT2D eigenvalue weighted by atomic mass is 79.9. The van der Waals surface area contributed by atoms with Crippen molar-refractivity contribution in [1.82, 2.24) is 9.78 Å². The monoisotopic (exact) mass is 398 g/mol. The molecule has 3 aromatic rings. The normalized spacial score (nSPS) is 10.9. The van der Waals surface area contributed by atoms with Crippen molar-refractivity contribution in [1.29, 1.82) is 0 Å². The summed E-state index contributed by atoms with van der Waals surface area (Å²) < 4.78 is 55.1. The van der Waals surface area contributed by atoms with Gasteiger partial charge >= 0.3 is 0 Å². The van der Waals surface area contributed by atoms with Crippen LogP contribution in [0.15, 0.2) is 41.0 Å². The molecule has 0 saturated heterocycles. The second-order valence-electron chi connectivity index (χ2n) is 4.84. The number of hydrogen-bond donors (Lipinski definition) is 0. The second-order valence-corrected chi connectivity index (χ2v) is 5.59. The van der Waals surface area contributed by atoms with Crippen LogP contribution in [0.25, 0.3) is 16.9 Å². The number of rotatable bonds is 3. The fourth-order valence-corrected chi connectivity index (χ4v) is 2.78. The Morgan fingerprint density at radius 1 is 0.958 bits per heavy atom. The number of halogens is 5. The number of benzene rings is 2. The molecule has 0 amide bonds. The fourth-order valence-electron chi connectivity index (χ4n) is 2.23. The van der Waals surface area contributed by atoms with Crippen LogP contribution in [0.5, 0.6) is 0 Å². The molecule has 24 heavy (non-hydrogen) atoms. The third-order valence-corrected chi connectivity index (χ3v) is 4.02. The van der Waals surface area contributed by atoms with Crippen molar-refractivity contribution in [2.45, 2.75) is 0 Å². The summed E-state index contributed by atoms with van der Waals surface area (Å²) in [6.07, 6.45) is 0.406. The number of aldehydes is 1. The Kier molecular flexibility index (Phi) is 4.23. The van der Waals surface area contributed by atoms with Crippen LogP contribution >= 0.6 is 15.9 Å². The molecule has 0 spiro atoms. The molecule has 0 unspecified atom stereocenters. The predicted molar refractivity (Wildman–Crippen MR) is 81.9 cm³/mol. The van der Waals surface area contributed by atoms with E-state index in [0.717, 1.165) is 35.0 Å². The minimum absolute atomic E-state index is 0.00846. The maximum absolute atomic E-state index is 14.0. The first-order chi connectivity index (χ1) is 11.4. The van der Waals surface area contributed by atoms with E-state index in [1.165, 1.54) is 0 Å². The van der Waals surface area contributed by atoms with E-state index in [-0.39, 0.29) is 27.1 Å². The molecule has 8 heteroatoms. The maximum Gasteiger partial charge on any atom is 0.155 e. The number of aromatic nitrogens is 2. The second kappa shape index (κ2) is 6.20. The lowest BCUT2D eigenvalue weighted by Gasteiger charge is -2.05. The van der Waals surface area contributed by atoms with E-state index in [0.29, 0.717) is 12.4 Å². The lowest BCUT2D eigenvalue weighted by atomic mass is 10.1. The van der Waals surface area contributed by atoms with Crippen LogP contribution in [0, 0.1) is 23.3 Å². The third-order valence-electron chi connectivity index (χ3n) is 3.25. The van der Waals surface area contributed by atoms with Gasteiger partial charge < -0.3 is 0 Å². The standard InChI is InChI=1S/C16H7BrF4N2O/c17-16-12(7-24)15(8-3-10(19)5-11(20)4-8)22-23(16)14-6-9(18)1-2-13(14)21/h1-7H. The lowest BCUT2D eigenvalue weighted by Crippen LogP contribution is -2.01. The summed E-state index contributed by atoms with van der Waals surface area (Å²) in [6.45, 7) is 0. The molecule has 0 N–H and O–H groups in total. The first-order valence-electron chi connectivity index (χ1n) is 6.56. The SMILES string of the molecule is O=Cc1c(-c2cc(F)cc(F)c2)nn(-c2cc(F)ccc2F)c1Br. The number of hydrogen-bond acceptors (Lipinski definition) is 2.